The van der Waals surface area contributed by atoms with Crippen LogP contribution >= 0.6 is 0 Å². The van der Waals surface area contributed by atoms with Crippen molar-refractivity contribution in [3.8, 4) is 0 Å². The topological polar surface area (TPSA) is 244 Å². The highest BCUT2D eigenvalue weighted by atomic mass is 16.4. The fourth-order valence-electron chi connectivity index (χ4n) is 2.82. The Morgan fingerprint density at radius 3 is 2.21 bits per heavy atom. The van der Waals surface area contributed by atoms with Crippen LogP contribution < -0.4 is 33.2 Å². The third kappa shape index (κ3) is 9.85. The minimum absolute atomic E-state index is 0.0657. The number of nitrogens with zero attached hydrogens (tertiary/aromatic N) is 2. The average Bonchev–Trinajstić information content (AvgIpc) is 3.27. The van der Waals surface area contributed by atoms with Crippen LogP contribution in [0.2, 0.25) is 0 Å². The molecule has 0 bridgehead atoms. The maximum atomic E-state index is 13.1. The number of guanidine groups is 1. The first-order valence-corrected chi connectivity index (χ1v) is 10.8. The molecule has 34 heavy (non-hydrogen) atoms. The van der Waals surface area contributed by atoms with Crippen LogP contribution in [0.4, 0.5) is 0 Å². The summed E-state index contributed by atoms with van der Waals surface area (Å²) < 4.78 is 0. The molecule has 1 aromatic heterocycles. The Morgan fingerprint density at radius 2 is 1.68 bits per heavy atom. The van der Waals surface area contributed by atoms with Gasteiger partial charge in [-0.05, 0) is 25.7 Å². The van der Waals surface area contributed by atoms with Crippen LogP contribution in [0.25, 0.3) is 0 Å². The maximum Gasteiger partial charge on any atom is 0.325 e. The van der Waals surface area contributed by atoms with Gasteiger partial charge in [-0.25, -0.2) is 4.98 Å². The number of amides is 3. The number of nitrogens with one attached hydrogen (secondary N) is 4. The molecule has 3 amide bonds. The normalized spacial score (nSPS) is 14.4. The molecule has 0 saturated heterocycles. The van der Waals surface area contributed by atoms with Gasteiger partial charge in [-0.2, -0.15) is 0 Å². The highest BCUT2D eigenvalue weighted by Gasteiger charge is 2.30. The fraction of sp³-hybridized carbons (Fsp3) is 0.600. The molecule has 0 aliphatic heterocycles. The zero-order valence-electron chi connectivity index (χ0n) is 19.6. The van der Waals surface area contributed by atoms with Crippen LogP contribution in [-0.4, -0.2) is 75.4 Å². The van der Waals surface area contributed by atoms with Gasteiger partial charge in [0.25, 0.3) is 0 Å². The molecule has 14 nitrogen and oxygen atoms in total. The number of hydrogen-bond donors (Lipinski definition) is 8. The zero-order chi connectivity index (χ0) is 25.8. The molecule has 4 unspecified atom stereocenters. The van der Waals surface area contributed by atoms with Gasteiger partial charge in [0.05, 0.1) is 12.4 Å². The van der Waals surface area contributed by atoms with E-state index < -0.39 is 47.9 Å². The number of aromatic amines is 1. The van der Waals surface area contributed by atoms with E-state index in [1.54, 1.807) is 13.8 Å². The molecule has 0 aliphatic carbocycles. The largest absolute Gasteiger partial charge is 0.480 e. The van der Waals surface area contributed by atoms with E-state index >= 15 is 0 Å². The first kappa shape index (κ1) is 28.4. The molecule has 1 heterocycles. The first-order chi connectivity index (χ1) is 15.9. The summed E-state index contributed by atoms with van der Waals surface area (Å²) in [7, 11) is 0. The van der Waals surface area contributed by atoms with Gasteiger partial charge in [-0.3, -0.25) is 24.2 Å². The number of carbonyl (C=O) groups is 4. The molecule has 0 spiro atoms. The summed E-state index contributed by atoms with van der Waals surface area (Å²) in [5.41, 5.74) is 17.1. The number of H-pyrrole nitrogens is 1. The standard InChI is InChI=1S/C20H35N9O5/c1-10(2)15(21)18(32)29-14(7-12-8-24-9-26-12)17(31)28-13(5-4-6-25-20(22)23)16(30)27-11(3)19(33)34/h8-11,13-15H,4-7,21H2,1-3H3,(H,24,26)(H,27,30)(H,28,31)(H,29,32)(H,33,34)(H4,22,23,25). The Labute approximate surface area is 197 Å². The average molecular weight is 482 g/mol. The zero-order valence-corrected chi connectivity index (χ0v) is 19.6. The fourth-order valence-corrected chi connectivity index (χ4v) is 2.82. The molecular weight excluding hydrogens is 446 g/mol. The first-order valence-electron chi connectivity index (χ1n) is 10.8. The molecular formula is C20H35N9O5. The van der Waals surface area contributed by atoms with Crippen molar-refractivity contribution in [1.82, 2.24) is 25.9 Å². The molecule has 0 saturated carbocycles. The second-order valence-electron chi connectivity index (χ2n) is 8.19. The number of carboxylic acid groups (broad SMARTS) is 1. The second kappa shape index (κ2) is 13.8. The quantitative estimate of drug-likeness (QED) is 0.0797. The minimum atomic E-state index is -1.23. The maximum absolute atomic E-state index is 13.1. The van der Waals surface area contributed by atoms with Crippen LogP contribution in [0.15, 0.2) is 17.5 Å². The number of hydrogen-bond acceptors (Lipinski definition) is 7. The van der Waals surface area contributed by atoms with E-state index in [0.717, 1.165) is 0 Å². The smallest absolute Gasteiger partial charge is 0.325 e. The molecule has 0 fully saturated rings. The third-order valence-corrected chi connectivity index (χ3v) is 4.94. The highest BCUT2D eigenvalue weighted by molar-refractivity contribution is 5.94. The molecule has 0 aromatic carbocycles. The lowest BCUT2D eigenvalue weighted by Crippen LogP contribution is -2.57. The number of nitrogens with two attached hydrogens (primary N) is 3. The lowest BCUT2D eigenvalue weighted by atomic mass is 10.0. The molecule has 0 aliphatic rings. The predicted octanol–water partition coefficient (Wildman–Crippen LogP) is -2.45. The van der Waals surface area contributed by atoms with Gasteiger partial charge in [-0.15, -0.1) is 0 Å². The molecule has 1 rings (SSSR count). The van der Waals surface area contributed by atoms with Crippen molar-refractivity contribution in [3.05, 3.63) is 18.2 Å². The summed E-state index contributed by atoms with van der Waals surface area (Å²) in [6.07, 6.45) is 3.45. The molecule has 190 valence electrons. The van der Waals surface area contributed by atoms with Crippen molar-refractivity contribution in [1.29, 1.82) is 0 Å². The van der Waals surface area contributed by atoms with Crippen LogP contribution in [-0.2, 0) is 25.6 Å². The van der Waals surface area contributed by atoms with E-state index in [-0.39, 0.29) is 31.3 Å². The lowest BCUT2D eigenvalue weighted by molar-refractivity contribution is -0.141. The van der Waals surface area contributed by atoms with Crippen molar-refractivity contribution in [2.24, 2.45) is 28.1 Å². The minimum Gasteiger partial charge on any atom is -0.480 e. The number of carboxylic acids is 1. The van der Waals surface area contributed by atoms with Crippen molar-refractivity contribution in [3.63, 3.8) is 0 Å². The van der Waals surface area contributed by atoms with Gasteiger partial charge >= 0.3 is 5.97 Å². The predicted molar refractivity (Wildman–Crippen MR) is 124 cm³/mol. The van der Waals surface area contributed by atoms with E-state index in [9.17, 15) is 19.2 Å². The summed E-state index contributed by atoms with van der Waals surface area (Å²) in [4.78, 5) is 60.0. The Morgan fingerprint density at radius 1 is 1.06 bits per heavy atom. The van der Waals surface area contributed by atoms with E-state index in [0.29, 0.717) is 12.1 Å². The molecule has 0 radical (unpaired) electrons. The van der Waals surface area contributed by atoms with Gasteiger partial charge in [0.15, 0.2) is 5.96 Å². The number of aliphatic imine (C=N–C) groups is 1. The Kier molecular flexibility index (Phi) is 11.5. The molecule has 4 atom stereocenters. The van der Waals surface area contributed by atoms with Crippen molar-refractivity contribution >= 4 is 29.7 Å². The van der Waals surface area contributed by atoms with Crippen molar-refractivity contribution in [2.45, 2.75) is 64.2 Å². The van der Waals surface area contributed by atoms with Gasteiger partial charge in [0.2, 0.25) is 17.7 Å². The van der Waals surface area contributed by atoms with E-state index in [1.807, 2.05) is 0 Å². The van der Waals surface area contributed by atoms with Gasteiger partial charge in [0, 0.05) is 24.9 Å². The summed E-state index contributed by atoms with van der Waals surface area (Å²) >= 11 is 0. The molecule has 14 heteroatoms. The summed E-state index contributed by atoms with van der Waals surface area (Å²) in [6.45, 7) is 5.05. The van der Waals surface area contributed by atoms with Gasteiger partial charge < -0.3 is 43.2 Å². The Balaban J connectivity index is 3.02. The van der Waals surface area contributed by atoms with Crippen LogP contribution in [0, 0.1) is 5.92 Å². The van der Waals surface area contributed by atoms with Crippen LogP contribution in [0.1, 0.15) is 39.3 Å². The molecule has 11 N–H and O–H groups in total. The Hall–Kier alpha value is -3.68. The van der Waals surface area contributed by atoms with Crippen molar-refractivity contribution in [2.75, 3.05) is 6.54 Å². The number of imidazole rings is 1. The van der Waals surface area contributed by atoms with E-state index in [2.05, 4.69) is 30.9 Å². The van der Waals surface area contributed by atoms with Crippen LogP contribution in [0.3, 0.4) is 0 Å². The highest BCUT2D eigenvalue weighted by Crippen LogP contribution is 2.06. The Bertz CT molecular complexity index is 853. The monoisotopic (exact) mass is 481 g/mol. The van der Waals surface area contributed by atoms with Crippen LogP contribution in [0.5, 0.6) is 0 Å². The summed E-state index contributed by atoms with van der Waals surface area (Å²) in [6, 6.07) is -4.17. The molecule has 1 aromatic rings. The third-order valence-electron chi connectivity index (χ3n) is 4.94. The lowest BCUT2D eigenvalue weighted by Gasteiger charge is -2.25. The number of carbonyl (C=O) groups excluding carboxylic acids is 3. The second-order valence-corrected chi connectivity index (χ2v) is 8.19. The number of rotatable bonds is 14. The van der Waals surface area contributed by atoms with E-state index in [4.69, 9.17) is 22.3 Å². The number of aromatic nitrogens is 2. The van der Waals surface area contributed by atoms with E-state index in [1.165, 1.54) is 19.4 Å². The number of aliphatic carboxylic acids is 1. The van der Waals surface area contributed by atoms with Crippen molar-refractivity contribution < 1.29 is 24.3 Å². The summed E-state index contributed by atoms with van der Waals surface area (Å²) in [5.74, 6) is -3.38. The van der Waals surface area contributed by atoms with Gasteiger partial charge in [0.1, 0.15) is 18.1 Å². The van der Waals surface area contributed by atoms with Gasteiger partial charge in [-0.1, -0.05) is 13.8 Å². The summed E-state index contributed by atoms with van der Waals surface area (Å²) in [5, 5.41) is 16.6. The SMILES string of the molecule is CC(NC(=O)C(CCCN=C(N)N)NC(=O)C(Cc1cnc[nH]1)NC(=O)C(N)C(C)C)C(=O)O.